The summed E-state index contributed by atoms with van der Waals surface area (Å²) in [5.41, 5.74) is 0.542. The Morgan fingerprint density at radius 2 is 1.94 bits per heavy atom. The summed E-state index contributed by atoms with van der Waals surface area (Å²) >= 11 is 0.783. The first-order chi connectivity index (χ1) is 15.2. The van der Waals surface area contributed by atoms with E-state index in [0.29, 0.717) is 29.0 Å². The number of benzene rings is 2. The van der Waals surface area contributed by atoms with Crippen molar-refractivity contribution in [1.29, 1.82) is 0 Å². The van der Waals surface area contributed by atoms with Crippen molar-refractivity contribution >= 4 is 32.4 Å². The molecule has 2 N–H and O–H groups in total. The summed E-state index contributed by atoms with van der Waals surface area (Å²) < 4.78 is 39.8. The molecule has 1 aliphatic rings. The lowest BCUT2D eigenvalue weighted by atomic mass is 9.90. The molecular weight excluding hydrogens is 452 g/mol. The molecule has 1 aromatic heterocycles. The molecule has 1 aliphatic heterocycles. The highest BCUT2D eigenvalue weighted by Gasteiger charge is 2.37. The zero-order chi connectivity index (χ0) is 22.9. The summed E-state index contributed by atoms with van der Waals surface area (Å²) in [6.45, 7) is 3.78. The summed E-state index contributed by atoms with van der Waals surface area (Å²) in [7, 11) is -2.44. The van der Waals surface area contributed by atoms with Crippen molar-refractivity contribution < 1.29 is 22.7 Å². The van der Waals surface area contributed by atoms with Crippen molar-refractivity contribution in [2.45, 2.75) is 36.3 Å². The second-order valence-electron chi connectivity index (χ2n) is 7.84. The maximum atomic E-state index is 13.0. The van der Waals surface area contributed by atoms with E-state index < -0.39 is 27.6 Å². The fourth-order valence-corrected chi connectivity index (χ4v) is 5.56. The topological polar surface area (TPSA) is 120 Å². The summed E-state index contributed by atoms with van der Waals surface area (Å²) in [5.74, 6) is 0.778. The van der Waals surface area contributed by atoms with Gasteiger partial charge < -0.3 is 9.47 Å². The van der Waals surface area contributed by atoms with Crippen LogP contribution in [0.5, 0.6) is 11.5 Å². The second kappa shape index (κ2) is 8.49. The predicted molar refractivity (Wildman–Crippen MR) is 120 cm³/mol. The zero-order valence-electron chi connectivity index (χ0n) is 17.7. The Hall–Kier alpha value is -3.02. The van der Waals surface area contributed by atoms with E-state index in [1.807, 2.05) is 13.8 Å². The van der Waals surface area contributed by atoms with Gasteiger partial charge in [0.15, 0.2) is 0 Å². The number of amides is 1. The fourth-order valence-electron chi connectivity index (χ4n) is 3.43. The number of methoxy groups -OCH3 is 1. The third-order valence-electron chi connectivity index (χ3n) is 4.87. The minimum atomic E-state index is -3.99. The van der Waals surface area contributed by atoms with E-state index in [1.54, 1.807) is 55.6 Å². The van der Waals surface area contributed by atoms with Crippen LogP contribution in [0.2, 0.25) is 0 Å². The van der Waals surface area contributed by atoms with Crippen LogP contribution in [-0.4, -0.2) is 37.2 Å². The molecule has 0 bridgehead atoms. The number of rotatable bonds is 6. The minimum Gasteiger partial charge on any atom is -0.497 e. The van der Waals surface area contributed by atoms with E-state index in [0.717, 1.165) is 11.3 Å². The van der Waals surface area contributed by atoms with Gasteiger partial charge in [-0.15, -0.1) is 10.2 Å². The Bertz CT molecular complexity index is 1240. The van der Waals surface area contributed by atoms with Gasteiger partial charge in [0.1, 0.15) is 17.1 Å². The van der Waals surface area contributed by atoms with Gasteiger partial charge in [0.05, 0.1) is 13.2 Å². The van der Waals surface area contributed by atoms with Crippen LogP contribution in [0.25, 0.3) is 0 Å². The number of ether oxygens (including phenoxy) is 2. The molecule has 0 aliphatic carbocycles. The van der Waals surface area contributed by atoms with Crippen LogP contribution < -0.4 is 19.5 Å². The maximum absolute atomic E-state index is 13.0. The maximum Gasteiger partial charge on any atom is 0.270 e. The highest BCUT2D eigenvalue weighted by Crippen LogP contribution is 2.42. The molecule has 0 saturated heterocycles. The SMILES string of the molecule is COc1ccc2c(c1)OC(C)(C)C[C@@H]2NS(=O)(=O)c1nnc(NC(=O)c2ccccc2)s1. The van der Waals surface area contributed by atoms with Gasteiger partial charge in [-0.2, -0.15) is 0 Å². The van der Waals surface area contributed by atoms with Crippen LogP contribution in [0.3, 0.4) is 0 Å². The second-order valence-corrected chi connectivity index (χ2v) is 10.7. The first kappa shape index (κ1) is 22.2. The number of sulfonamides is 1. The number of carbonyl (C=O) groups is 1. The summed E-state index contributed by atoms with van der Waals surface area (Å²) in [6, 6.07) is 13.3. The molecule has 168 valence electrons. The van der Waals surface area contributed by atoms with Gasteiger partial charge in [0.25, 0.3) is 15.9 Å². The first-order valence-electron chi connectivity index (χ1n) is 9.76. The van der Waals surface area contributed by atoms with Crippen molar-refractivity contribution in [2.24, 2.45) is 0 Å². The molecule has 0 unspecified atom stereocenters. The van der Waals surface area contributed by atoms with Crippen LogP contribution in [0.1, 0.15) is 42.2 Å². The van der Waals surface area contributed by atoms with E-state index in [1.165, 1.54) is 0 Å². The van der Waals surface area contributed by atoms with Gasteiger partial charge >= 0.3 is 0 Å². The van der Waals surface area contributed by atoms with E-state index in [2.05, 4.69) is 20.2 Å². The van der Waals surface area contributed by atoms with Crippen molar-refractivity contribution in [2.75, 3.05) is 12.4 Å². The molecule has 2 heterocycles. The number of hydrogen-bond donors (Lipinski definition) is 2. The Morgan fingerprint density at radius 1 is 1.19 bits per heavy atom. The first-order valence-corrected chi connectivity index (χ1v) is 12.1. The van der Waals surface area contributed by atoms with E-state index in [9.17, 15) is 13.2 Å². The van der Waals surface area contributed by atoms with E-state index in [-0.39, 0.29) is 9.47 Å². The number of fused-ring (bicyclic) bond motifs is 1. The Kier molecular flexibility index (Phi) is 5.89. The van der Waals surface area contributed by atoms with Crippen LogP contribution in [0, 0.1) is 0 Å². The lowest BCUT2D eigenvalue weighted by molar-refractivity contribution is 0.0698. The normalized spacial score (nSPS) is 17.2. The number of nitrogens with one attached hydrogen (secondary N) is 2. The average Bonchev–Trinajstić information content (AvgIpc) is 3.22. The van der Waals surface area contributed by atoms with Gasteiger partial charge in [-0.05, 0) is 32.0 Å². The van der Waals surface area contributed by atoms with Gasteiger partial charge in [-0.3, -0.25) is 10.1 Å². The predicted octanol–water partition coefficient (Wildman–Crippen LogP) is 3.38. The quantitative estimate of drug-likeness (QED) is 0.526. The summed E-state index contributed by atoms with van der Waals surface area (Å²) in [5, 5.41) is 10.3. The average molecular weight is 475 g/mol. The van der Waals surface area contributed by atoms with Crippen molar-refractivity contribution in [1.82, 2.24) is 14.9 Å². The third-order valence-corrected chi connectivity index (χ3v) is 7.55. The third kappa shape index (κ3) is 4.74. The molecular formula is C21H22N4O5S2. The van der Waals surface area contributed by atoms with Crippen LogP contribution in [0.4, 0.5) is 5.13 Å². The van der Waals surface area contributed by atoms with Crippen LogP contribution >= 0.6 is 11.3 Å². The lowest BCUT2D eigenvalue weighted by Gasteiger charge is -2.37. The fraction of sp³-hybridized carbons (Fsp3) is 0.286. The molecule has 0 saturated carbocycles. The molecule has 2 aromatic carbocycles. The van der Waals surface area contributed by atoms with Crippen molar-refractivity contribution in [3.05, 3.63) is 59.7 Å². The molecule has 32 heavy (non-hydrogen) atoms. The number of carbonyl (C=O) groups excluding carboxylic acids is 1. The van der Waals surface area contributed by atoms with Gasteiger partial charge in [0, 0.05) is 23.6 Å². The molecule has 0 spiro atoms. The molecule has 0 radical (unpaired) electrons. The molecule has 3 aromatic rings. The van der Waals surface area contributed by atoms with Crippen molar-refractivity contribution in [3.8, 4) is 11.5 Å². The largest absolute Gasteiger partial charge is 0.497 e. The smallest absolute Gasteiger partial charge is 0.270 e. The molecule has 4 rings (SSSR count). The van der Waals surface area contributed by atoms with E-state index in [4.69, 9.17) is 9.47 Å². The molecule has 1 amide bonds. The number of nitrogens with zero attached hydrogens (tertiary/aromatic N) is 2. The Labute approximate surface area is 189 Å². The van der Waals surface area contributed by atoms with Gasteiger partial charge in [-0.25, -0.2) is 13.1 Å². The Balaban J connectivity index is 1.54. The van der Waals surface area contributed by atoms with Gasteiger partial charge in [-0.1, -0.05) is 35.6 Å². The van der Waals surface area contributed by atoms with Crippen LogP contribution in [0.15, 0.2) is 52.9 Å². The Morgan fingerprint density at radius 3 is 2.66 bits per heavy atom. The molecule has 1 atom stereocenters. The van der Waals surface area contributed by atoms with E-state index >= 15 is 0 Å². The summed E-state index contributed by atoms with van der Waals surface area (Å²) in [6.07, 6.45) is 0.419. The van der Waals surface area contributed by atoms with Gasteiger partial charge in [0.2, 0.25) is 9.47 Å². The number of aromatic nitrogens is 2. The zero-order valence-corrected chi connectivity index (χ0v) is 19.3. The van der Waals surface area contributed by atoms with Crippen LogP contribution in [-0.2, 0) is 10.0 Å². The molecule has 0 fully saturated rings. The number of hydrogen-bond acceptors (Lipinski definition) is 8. The monoisotopic (exact) mass is 474 g/mol. The standard InChI is InChI=1S/C21H22N4O5S2/c1-21(2)12-16(15-10-9-14(29-3)11-17(15)30-21)25-32(27,28)20-24-23-19(31-20)22-18(26)13-7-5-4-6-8-13/h4-11,16,25H,12H2,1-3H3,(H,22,23,26)/t16-/m0/s1. The van der Waals surface area contributed by atoms with Crippen molar-refractivity contribution in [3.63, 3.8) is 0 Å². The minimum absolute atomic E-state index is 0.0941. The molecule has 11 heteroatoms. The highest BCUT2D eigenvalue weighted by atomic mass is 32.2. The lowest BCUT2D eigenvalue weighted by Crippen LogP contribution is -2.41. The highest BCUT2D eigenvalue weighted by molar-refractivity contribution is 7.91. The molecule has 9 nitrogen and oxygen atoms in total. The summed E-state index contributed by atoms with van der Waals surface area (Å²) in [4.78, 5) is 12.3. The number of anilines is 1.